The minimum Gasteiger partial charge on any atom is -0.464 e. The molecule has 1 atom stereocenters. The Morgan fingerprint density at radius 1 is 0.923 bits per heavy atom. The van der Waals surface area contributed by atoms with Gasteiger partial charge in [0.25, 0.3) is 10.1 Å². The molecule has 0 aromatic carbocycles. The highest BCUT2D eigenvalue weighted by molar-refractivity contribution is 7.87. The van der Waals surface area contributed by atoms with Crippen LogP contribution >= 0.6 is 0 Å². The van der Waals surface area contributed by atoms with Gasteiger partial charge >= 0.3 is 17.9 Å². The third-order valence-corrected chi connectivity index (χ3v) is 4.34. The summed E-state index contributed by atoms with van der Waals surface area (Å²) in [5, 5.41) is -1.23. The molecule has 10 nitrogen and oxygen atoms in total. The van der Waals surface area contributed by atoms with Gasteiger partial charge in [0.2, 0.25) is 0 Å². The maximum atomic E-state index is 12.1. The molecule has 0 spiro atoms. The largest absolute Gasteiger partial charge is 0.464 e. The van der Waals surface area contributed by atoms with Crippen molar-refractivity contribution in [2.45, 2.75) is 26.0 Å². The van der Waals surface area contributed by atoms with E-state index < -0.39 is 59.0 Å². The topological polar surface area (TPSA) is 148 Å². The van der Waals surface area contributed by atoms with Gasteiger partial charge in [-0.15, -0.1) is 0 Å². The molecule has 0 aliphatic rings. The van der Waals surface area contributed by atoms with Crippen molar-refractivity contribution >= 4 is 28.0 Å². The maximum Gasteiger partial charge on any atom is 0.333 e. The van der Waals surface area contributed by atoms with Gasteiger partial charge in [0.1, 0.15) is 31.0 Å². The van der Waals surface area contributed by atoms with Crippen molar-refractivity contribution in [1.29, 1.82) is 0 Å². The van der Waals surface area contributed by atoms with Gasteiger partial charge in [-0.2, -0.15) is 18.6 Å². The zero-order valence-corrected chi connectivity index (χ0v) is 15.7. The lowest BCUT2D eigenvalue weighted by molar-refractivity contribution is -0.158. The molecule has 0 radical (unpaired) electrons. The lowest BCUT2D eigenvalue weighted by Gasteiger charge is -2.18. The van der Waals surface area contributed by atoms with Crippen LogP contribution in [0.5, 0.6) is 0 Å². The van der Waals surface area contributed by atoms with E-state index in [0.29, 0.717) is 0 Å². The van der Waals surface area contributed by atoms with E-state index in [9.17, 15) is 22.8 Å². The first-order chi connectivity index (χ1) is 11.9. The zero-order chi connectivity index (χ0) is 20.5. The van der Waals surface area contributed by atoms with Gasteiger partial charge in [0, 0.05) is 11.1 Å². The molecule has 0 saturated carbocycles. The number of hydrogen-bond acceptors (Lipinski definition) is 10. The zero-order valence-electron chi connectivity index (χ0n) is 14.9. The summed E-state index contributed by atoms with van der Waals surface area (Å²) in [5.74, 6) is 1.03. The molecular weight excluding hydrogens is 370 g/mol. The van der Waals surface area contributed by atoms with E-state index in [2.05, 4.69) is 23.3 Å². The molecule has 0 amide bonds. The number of esters is 3. The van der Waals surface area contributed by atoms with Crippen LogP contribution in [-0.4, -0.2) is 51.4 Å². The van der Waals surface area contributed by atoms with Gasteiger partial charge in [0.15, 0.2) is 0 Å². The van der Waals surface area contributed by atoms with Crippen LogP contribution in [0.15, 0.2) is 24.3 Å². The fourth-order valence-electron chi connectivity index (χ4n) is 1.28. The standard InChI is InChI=1S/C15H23NO9S/c1-9(2)13(17)23-7-12(8-24-14(18)10(3)4)15(19)22-6-11(5)26(20,21)25-16/h11-12H,1,3,6-8,16H2,2,4-5H3. The van der Waals surface area contributed by atoms with Gasteiger partial charge in [-0.1, -0.05) is 13.2 Å². The second-order valence-corrected chi connectivity index (χ2v) is 7.47. The maximum absolute atomic E-state index is 12.1. The van der Waals surface area contributed by atoms with E-state index in [0.717, 1.165) is 0 Å². The minimum atomic E-state index is -4.09. The van der Waals surface area contributed by atoms with Crippen LogP contribution in [0.4, 0.5) is 0 Å². The first kappa shape index (κ1) is 23.8. The molecule has 0 rings (SSSR count). The summed E-state index contributed by atoms with van der Waals surface area (Å²) in [4.78, 5) is 35.0. The molecule has 2 N–H and O–H groups in total. The molecule has 0 aromatic heterocycles. The summed E-state index contributed by atoms with van der Waals surface area (Å²) in [7, 11) is -4.09. The fourth-order valence-corrected chi connectivity index (χ4v) is 1.70. The van der Waals surface area contributed by atoms with E-state index in [1.54, 1.807) is 0 Å². The summed E-state index contributed by atoms with van der Waals surface area (Å²) in [6.07, 6.45) is 0. The highest BCUT2D eigenvalue weighted by Gasteiger charge is 2.28. The van der Waals surface area contributed by atoms with Gasteiger partial charge in [0.05, 0.1) is 0 Å². The Morgan fingerprint density at radius 2 is 1.35 bits per heavy atom. The minimum absolute atomic E-state index is 0.107. The highest BCUT2D eigenvalue weighted by atomic mass is 32.2. The number of carbonyl (C=O) groups excluding carboxylic acids is 3. The molecule has 0 heterocycles. The molecule has 11 heteroatoms. The monoisotopic (exact) mass is 393 g/mol. The molecule has 0 aliphatic carbocycles. The first-order valence-electron chi connectivity index (χ1n) is 7.36. The van der Waals surface area contributed by atoms with Crippen LogP contribution in [0, 0.1) is 5.92 Å². The lowest BCUT2D eigenvalue weighted by atomic mass is 10.2. The molecule has 26 heavy (non-hydrogen) atoms. The Morgan fingerprint density at radius 3 is 1.69 bits per heavy atom. The smallest absolute Gasteiger partial charge is 0.333 e. The van der Waals surface area contributed by atoms with Crippen LogP contribution in [0.2, 0.25) is 0 Å². The quantitative estimate of drug-likeness (QED) is 0.220. The van der Waals surface area contributed by atoms with Crippen molar-refractivity contribution in [3.8, 4) is 0 Å². The van der Waals surface area contributed by atoms with Crippen molar-refractivity contribution in [2.24, 2.45) is 11.8 Å². The van der Waals surface area contributed by atoms with Crippen LogP contribution < -0.4 is 5.90 Å². The SMILES string of the molecule is C=C(C)C(=O)OCC(COC(=O)C(=C)C)C(=O)OCC(C)S(=O)(=O)ON. The average Bonchev–Trinajstić information content (AvgIpc) is 2.58. The van der Waals surface area contributed by atoms with Crippen LogP contribution in [0.25, 0.3) is 0 Å². The van der Waals surface area contributed by atoms with Gasteiger partial charge in [-0.3, -0.25) is 4.79 Å². The summed E-state index contributed by atoms with van der Waals surface area (Å²) >= 11 is 0. The Labute approximate surface area is 152 Å². The third-order valence-electron chi connectivity index (χ3n) is 2.95. The molecular formula is C15H23NO9S. The number of rotatable bonds is 11. The Bertz CT molecular complexity index is 639. The number of carbonyl (C=O) groups is 3. The van der Waals surface area contributed by atoms with Crippen LogP contribution in [-0.2, 0) is 43.0 Å². The molecule has 148 valence electrons. The van der Waals surface area contributed by atoms with Crippen LogP contribution in [0.3, 0.4) is 0 Å². The van der Waals surface area contributed by atoms with E-state index in [-0.39, 0.29) is 11.1 Å². The van der Waals surface area contributed by atoms with E-state index >= 15 is 0 Å². The van der Waals surface area contributed by atoms with Gasteiger partial charge < -0.3 is 14.2 Å². The molecule has 0 aliphatic heterocycles. The van der Waals surface area contributed by atoms with Crippen molar-refractivity contribution in [1.82, 2.24) is 0 Å². The fraction of sp³-hybridized carbons (Fsp3) is 0.533. The van der Waals surface area contributed by atoms with Gasteiger partial charge in [-0.05, 0) is 20.8 Å². The first-order valence-corrected chi connectivity index (χ1v) is 8.83. The average molecular weight is 393 g/mol. The summed E-state index contributed by atoms with van der Waals surface area (Å²) in [6.45, 7) is 9.35. The van der Waals surface area contributed by atoms with Crippen molar-refractivity contribution < 1.29 is 41.3 Å². The van der Waals surface area contributed by atoms with Crippen molar-refractivity contribution in [3.05, 3.63) is 24.3 Å². The Hall–Kier alpha value is -2.24. The van der Waals surface area contributed by atoms with Crippen molar-refractivity contribution in [2.75, 3.05) is 19.8 Å². The summed E-state index contributed by atoms with van der Waals surface area (Å²) < 4.78 is 41.1. The second kappa shape index (κ2) is 10.7. The van der Waals surface area contributed by atoms with E-state index in [1.165, 1.54) is 20.8 Å². The Kier molecular flexibility index (Phi) is 9.76. The number of ether oxygens (including phenoxy) is 3. The predicted molar refractivity (Wildman–Crippen MR) is 89.6 cm³/mol. The van der Waals surface area contributed by atoms with E-state index in [1.807, 2.05) is 0 Å². The van der Waals surface area contributed by atoms with Crippen molar-refractivity contribution in [3.63, 3.8) is 0 Å². The Balaban J connectivity index is 4.91. The third kappa shape index (κ3) is 8.23. The molecule has 1 unspecified atom stereocenters. The highest BCUT2D eigenvalue weighted by Crippen LogP contribution is 2.09. The lowest BCUT2D eigenvalue weighted by Crippen LogP contribution is -2.33. The summed E-state index contributed by atoms with van der Waals surface area (Å²) in [6, 6.07) is 0. The molecule has 0 fully saturated rings. The molecule has 0 bridgehead atoms. The number of hydrogen-bond donors (Lipinski definition) is 1. The van der Waals surface area contributed by atoms with Crippen LogP contribution in [0.1, 0.15) is 20.8 Å². The summed E-state index contributed by atoms with van der Waals surface area (Å²) in [5.41, 5.74) is 0.215. The van der Waals surface area contributed by atoms with Gasteiger partial charge in [-0.25, -0.2) is 9.59 Å². The molecule has 0 aromatic rings. The van der Waals surface area contributed by atoms with E-state index in [4.69, 9.17) is 14.2 Å². The molecule has 0 saturated heterocycles. The second-order valence-electron chi connectivity index (χ2n) is 5.48. The normalized spacial score (nSPS) is 12.2. The predicted octanol–water partition coefficient (Wildman–Crippen LogP) is -0.00700. The number of nitrogens with two attached hydrogens (primary N) is 1.